The summed E-state index contributed by atoms with van der Waals surface area (Å²) < 4.78 is 17.7. The van der Waals surface area contributed by atoms with Gasteiger partial charge in [0.2, 0.25) is 11.0 Å². The Balaban J connectivity index is 1.87. The summed E-state index contributed by atoms with van der Waals surface area (Å²) in [7, 11) is 0. The van der Waals surface area contributed by atoms with Crippen LogP contribution in [0.15, 0.2) is 5.16 Å². The number of halogens is 1. The molecule has 4 atom stereocenters. The summed E-state index contributed by atoms with van der Waals surface area (Å²) in [5.41, 5.74) is -0.373. The zero-order valence-corrected chi connectivity index (χ0v) is 18.0. The lowest BCUT2D eigenvalue weighted by Crippen LogP contribution is -2.35. The minimum absolute atomic E-state index is 0.0495. The maximum absolute atomic E-state index is 11.6. The number of thioether (sulfide) groups is 1. The van der Waals surface area contributed by atoms with E-state index in [1.54, 1.807) is 13.8 Å². The maximum atomic E-state index is 11.6. The second-order valence-corrected chi connectivity index (χ2v) is 8.70. The molecule has 1 aliphatic carbocycles. The number of ether oxygens (including phenoxy) is 3. The van der Waals surface area contributed by atoms with Crippen molar-refractivity contribution < 1.29 is 24.2 Å². The number of fused-ring (bicyclic) bond motifs is 1. The van der Waals surface area contributed by atoms with E-state index in [0.717, 1.165) is 12.2 Å². The predicted octanol–water partition coefficient (Wildman–Crippen LogP) is 2.62. The van der Waals surface area contributed by atoms with Crippen LogP contribution in [0.4, 0.5) is 11.5 Å². The molecule has 0 radical (unpaired) electrons. The quantitative estimate of drug-likeness (QED) is 0.191. The van der Waals surface area contributed by atoms with E-state index in [-0.39, 0.29) is 48.1 Å². The van der Waals surface area contributed by atoms with Gasteiger partial charge in [-0.1, -0.05) is 30.3 Å². The Bertz CT molecular complexity index is 755. The minimum atomic E-state index is -0.812. The lowest BCUT2D eigenvalue weighted by Gasteiger charge is -2.24. The topological polar surface area (TPSA) is 129 Å². The van der Waals surface area contributed by atoms with Gasteiger partial charge in [0.25, 0.3) is 0 Å². The van der Waals surface area contributed by atoms with E-state index in [0.29, 0.717) is 11.6 Å². The largest absolute Gasteiger partial charge is 0.394 e. The van der Waals surface area contributed by atoms with Crippen molar-refractivity contribution in [3.05, 3.63) is 15.3 Å². The number of rotatable bonds is 9. The van der Waals surface area contributed by atoms with Gasteiger partial charge in [-0.05, 0) is 26.7 Å². The Kier molecular flexibility index (Phi) is 7.18. The third-order valence-electron chi connectivity index (χ3n) is 4.60. The van der Waals surface area contributed by atoms with Gasteiger partial charge in [0, 0.05) is 5.75 Å². The lowest BCUT2D eigenvalue weighted by atomic mass is 10.2. The highest BCUT2D eigenvalue weighted by Gasteiger charge is 2.55. The first-order valence-electron chi connectivity index (χ1n) is 9.45. The summed E-state index contributed by atoms with van der Waals surface area (Å²) in [6.45, 7) is 5.68. The molecule has 3 rings (SSSR count). The van der Waals surface area contributed by atoms with Crippen LogP contribution >= 0.6 is 23.4 Å². The van der Waals surface area contributed by atoms with Gasteiger partial charge >= 0.3 is 5.69 Å². The van der Waals surface area contributed by atoms with Crippen LogP contribution in [0.2, 0.25) is 5.15 Å². The van der Waals surface area contributed by atoms with Crippen molar-refractivity contribution in [3.8, 4) is 0 Å². The molecule has 0 aromatic carbocycles. The SMILES string of the molecule is CCCSc1nc(Cl)c([N+](=O)[O-])c(N[C@@H]2CC(OCCO)[C@H]3OC(C)(C)O[C@H]32)n1. The van der Waals surface area contributed by atoms with E-state index in [9.17, 15) is 10.1 Å². The number of nitrogens with zero attached hydrogens (tertiary/aromatic N) is 3. The summed E-state index contributed by atoms with van der Waals surface area (Å²) in [5.74, 6) is 0.00568. The molecule has 162 valence electrons. The first kappa shape index (κ1) is 22.4. The van der Waals surface area contributed by atoms with Crippen molar-refractivity contribution in [2.24, 2.45) is 0 Å². The Labute approximate surface area is 177 Å². The summed E-state index contributed by atoms with van der Waals surface area (Å²) in [6, 6.07) is -0.348. The van der Waals surface area contributed by atoms with Crippen LogP contribution in [0.25, 0.3) is 0 Å². The molecule has 1 aliphatic heterocycles. The van der Waals surface area contributed by atoms with E-state index >= 15 is 0 Å². The van der Waals surface area contributed by atoms with Crippen LogP contribution in [-0.4, -0.2) is 69.1 Å². The van der Waals surface area contributed by atoms with E-state index in [1.807, 2.05) is 6.92 Å². The summed E-state index contributed by atoms with van der Waals surface area (Å²) >= 11 is 7.47. The molecular weight excluding hydrogens is 424 g/mol. The van der Waals surface area contributed by atoms with Gasteiger partial charge in [0.05, 0.1) is 30.3 Å². The van der Waals surface area contributed by atoms with Gasteiger partial charge in [-0.15, -0.1) is 0 Å². The molecule has 29 heavy (non-hydrogen) atoms. The average Bonchev–Trinajstić information content (AvgIpc) is 3.11. The van der Waals surface area contributed by atoms with E-state index < -0.39 is 16.8 Å². The number of hydrogen-bond donors (Lipinski definition) is 2. The summed E-state index contributed by atoms with van der Waals surface area (Å²) in [4.78, 5) is 19.3. The molecule has 10 nitrogen and oxygen atoms in total. The number of aromatic nitrogens is 2. The molecule has 2 fully saturated rings. The van der Waals surface area contributed by atoms with Crippen molar-refractivity contribution in [3.63, 3.8) is 0 Å². The molecular formula is C17H25ClN4O6S. The van der Waals surface area contributed by atoms with Crippen LogP contribution in [0.1, 0.15) is 33.6 Å². The Morgan fingerprint density at radius 2 is 2.14 bits per heavy atom. The lowest BCUT2D eigenvalue weighted by molar-refractivity contribution is -0.384. The average molecular weight is 449 g/mol. The van der Waals surface area contributed by atoms with Crippen molar-refractivity contribution in [2.75, 3.05) is 24.3 Å². The second-order valence-electron chi connectivity index (χ2n) is 7.28. The highest BCUT2D eigenvalue weighted by molar-refractivity contribution is 7.99. The van der Waals surface area contributed by atoms with Crippen molar-refractivity contribution >= 4 is 34.9 Å². The van der Waals surface area contributed by atoms with E-state index in [2.05, 4.69) is 15.3 Å². The molecule has 1 saturated heterocycles. The first-order valence-corrected chi connectivity index (χ1v) is 10.8. The zero-order valence-electron chi connectivity index (χ0n) is 16.5. The van der Waals surface area contributed by atoms with Crippen LogP contribution in [0, 0.1) is 10.1 Å². The number of nitrogens with one attached hydrogen (secondary N) is 1. The van der Waals surface area contributed by atoms with Crippen LogP contribution in [-0.2, 0) is 14.2 Å². The molecule has 0 spiro atoms. The maximum Gasteiger partial charge on any atom is 0.348 e. The fraction of sp³-hybridized carbons (Fsp3) is 0.765. The van der Waals surface area contributed by atoms with Gasteiger partial charge in [0.15, 0.2) is 10.9 Å². The highest BCUT2D eigenvalue weighted by atomic mass is 35.5. The molecule has 1 aromatic rings. The molecule has 12 heteroatoms. The Morgan fingerprint density at radius 3 is 2.79 bits per heavy atom. The standard InChI is InChI=1S/C17H25ClN4O6S/c1-4-7-29-16-20-14(18)11(22(24)25)15(21-16)19-9-8-10(26-6-5-23)13-12(9)27-17(2,3)28-13/h9-10,12-13,23H,4-8H2,1-3H3,(H,19,20,21)/t9-,10?,12+,13-/m1/s1. The Morgan fingerprint density at radius 1 is 1.41 bits per heavy atom. The third-order valence-corrected chi connectivity index (χ3v) is 5.91. The van der Waals surface area contributed by atoms with Gasteiger partial charge in [0.1, 0.15) is 12.2 Å². The fourth-order valence-electron chi connectivity index (χ4n) is 3.55. The second kappa shape index (κ2) is 9.27. The monoisotopic (exact) mass is 448 g/mol. The molecule has 0 amide bonds. The molecule has 1 aromatic heterocycles. The molecule has 2 N–H and O–H groups in total. The number of anilines is 1. The number of hydrogen-bond acceptors (Lipinski definition) is 10. The molecule has 0 bridgehead atoms. The molecule has 2 heterocycles. The highest BCUT2D eigenvalue weighted by Crippen LogP contribution is 2.42. The minimum Gasteiger partial charge on any atom is -0.394 e. The summed E-state index contributed by atoms with van der Waals surface area (Å²) in [5, 5.41) is 23.9. The molecule has 1 unspecified atom stereocenters. The van der Waals surface area contributed by atoms with Crippen LogP contribution < -0.4 is 5.32 Å². The first-order chi connectivity index (χ1) is 13.8. The normalized spacial score (nSPS) is 27.8. The van der Waals surface area contributed by atoms with Gasteiger partial charge < -0.3 is 24.6 Å². The predicted molar refractivity (Wildman–Crippen MR) is 107 cm³/mol. The van der Waals surface area contributed by atoms with Gasteiger partial charge in [-0.25, -0.2) is 4.98 Å². The Hall–Kier alpha value is -1.24. The van der Waals surface area contributed by atoms with Gasteiger partial charge in [-0.2, -0.15) is 4.98 Å². The van der Waals surface area contributed by atoms with Crippen molar-refractivity contribution in [1.82, 2.24) is 9.97 Å². The van der Waals surface area contributed by atoms with Gasteiger partial charge in [-0.3, -0.25) is 10.1 Å². The van der Waals surface area contributed by atoms with E-state index in [4.69, 9.17) is 30.9 Å². The molecule has 1 saturated carbocycles. The third kappa shape index (κ3) is 5.09. The van der Waals surface area contributed by atoms with E-state index in [1.165, 1.54) is 11.8 Å². The molecule has 2 aliphatic rings. The van der Waals surface area contributed by atoms with Crippen LogP contribution in [0.5, 0.6) is 0 Å². The van der Waals surface area contributed by atoms with Crippen LogP contribution in [0.3, 0.4) is 0 Å². The smallest absolute Gasteiger partial charge is 0.348 e. The zero-order chi connectivity index (χ0) is 21.2. The van der Waals surface area contributed by atoms with Crippen molar-refractivity contribution in [1.29, 1.82) is 0 Å². The number of nitro groups is 1. The fourth-order valence-corrected chi connectivity index (χ4v) is 4.53. The number of aliphatic hydroxyl groups is 1. The number of aliphatic hydroxyl groups excluding tert-OH is 1. The van der Waals surface area contributed by atoms with Crippen molar-refractivity contribution in [2.45, 2.75) is 68.9 Å². The summed E-state index contributed by atoms with van der Waals surface area (Å²) in [6.07, 6.45) is 0.300.